The number of alkyl halides is 2. The summed E-state index contributed by atoms with van der Waals surface area (Å²) < 4.78 is 28.9. The van der Waals surface area contributed by atoms with E-state index in [9.17, 15) is 13.6 Å². The first-order chi connectivity index (χ1) is 14.5. The van der Waals surface area contributed by atoms with Gasteiger partial charge in [-0.1, -0.05) is 11.8 Å². The van der Waals surface area contributed by atoms with E-state index in [1.807, 2.05) is 14.1 Å². The lowest BCUT2D eigenvalue weighted by Crippen LogP contribution is -2.26. The predicted molar refractivity (Wildman–Crippen MR) is 117 cm³/mol. The van der Waals surface area contributed by atoms with Gasteiger partial charge in [-0.3, -0.25) is 13.9 Å². The summed E-state index contributed by atoms with van der Waals surface area (Å²) in [7, 11) is 4.00. The van der Waals surface area contributed by atoms with Gasteiger partial charge in [0.25, 0.3) is 5.56 Å². The van der Waals surface area contributed by atoms with Crippen molar-refractivity contribution in [1.82, 2.24) is 24.0 Å². The first kappa shape index (κ1) is 21.5. The molecule has 0 aromatic carbocycles. The quantitative estimate of drug-likeness (QED) is 0.378. The summed E-state index contributed by atoms with van der Waals surface area (Å²) in [5, 5.41) is 1.34. The standard InChI is InChI=1S/C20H25F2N5OS2/c1-25(2)9-5-10-27-18(28)16-13-6-3-4-7-14(13)30-17(16)24-20(27)29-12-15-23-8-11-26(15)19(21)22/h8,11,19H,3-7,9-10,12H2,1-2H3. The highest BCUT2D eigenvalue weighted by Gasteiger charge is 2.22. The van der Waals surface area contributed by atoms with Crippen LogP contribution in [0.3, 0.4) is 0 Å². The minimum Gasteiger partial charge on any atom is -0.309 e. The Kier molecular flexibility index (Phi) is 6.54. The van der Waals surface area contributed by atoms with Crippen molar-refractivity contribution in [2.24, 2.45) is 0 Å². The second kappa shape index (κ2) is 9.15. The average Bonchev–Trinajstić information content (AvgIpc) is 3.32. The fourth-order valence-electron chi connectivity index (χ4n) is 3.83. The van der Waals surface area contributed by atoms with Gasteiger partial charge in [-0.15, -0.1) is 11.3 Å². The molecule has 3 aromatic rings. The number of thioether (sulfide) groups is 1. The van der Waals surface area contributed by atoms with Gasteiger partial charge < -0.3 is 4.90 Å². The molecule has 1 aliphatic rings. The lowest BCUT2D eigenvalue weighted by Gasteiger charge is -2.15. The Morgan fingerprint density at radius 3 is 2.87 bits per heavy atom. The van der Waals surface area contributed by atoms with Crippen LogP contribution in [0.1, 0.15) is 42.1 Å². The number of hydrogen-bond acceptors (Lipinski definition) is 6. The summed E-state index contributed by atoms with van der Waals surface area (Å²) >= 11 is 2.91. The number of aryl methyl sites for hydroxylation is 2. The van der Waals surface area contributed by atoms with Gasteiger partial charge in [0.1, 0.15) is 10.7 Å². The molecule has 0 fully saturated rings. The van der Waals surface area contributed by atoms with Gasteiger partial charge in [-0.2, -0.15) is 8.78 Å². The lowest BCUT2D eigenvalue weighted by atomic mass is 9.97. The van der Waals surface area contributed by atoms with Crippen molar-refractivity contribution in [3.63, 3.8) is 0 Å². The minimum atomic E-state index is -2.63. The van der Waals surface area contributed by atoms with Crippen molar-refractivity contribution < 1.29 is 8.78 Å². The third kappa shape index (κ3) is 4.31. The van der Waals surface area contributed by atoms with E-state index in [1.165, 1.54) is 34.6 Å². The van der Waals surface area contributed by atoms with E-state index in [0.29, 0.717) is 11.7 Å². The third-order valence-electron chi connectivity index (χ3n) is 5.32. The highest BCUT2D eigenvalue weighted by molar-refractivity contribution is 7.98. The molecule has 0 saturated heterocycles. The van der Waals surface area contributed by atoms with E-state index < -0.39 is 6.55 Å². The number of rotatable bonds is 8. The number of fused-ring (bicyclic) bond motifs is 3. The van der Waals surface area contributed by atoms with Gasteiger partial charge in [-0.25, -0.2) is 9.97 Å². The van der Waals surface area contributed by atoms with Crippen molar-refractivity contribution in [1.29, 1.82) is 0 Å². The average molecular weight is 454 g/mol. The summed E-state index contributed by atoms with van der Waals surface area (Å²) in [5.74, 6) is 0.503. The van der Waals surface area contributed by atoms with Crippen LogP contribution in [0.2, 0.25) is 0 Å². The zero-order valence-corrected chi connectivity index (χ0v) is 18.7. The zero-order valence-electron chi connectivity index (χ0n) is 17.1. The summed E-state index contributed by atoms with van der Waals surface area (Å²) in [5.41, 5.74) is 1.17. The van der Waals surface area contributed by atoms with Gasteiger partial charge in [0.05, 0.1) is 11.1 Å². The monoisotopic (exact) mass is 453 g/mol. The first-order valence-electron chi connectivity index (χ1n) is 10.1. The second-order valence-corrected chi connectivity index (χ2v) is 9.74. The topological polar surface area (TPSA) is 56.0 Å². The molecule has 0 unspecified atom stereocenters. The molecule has 6 nitrogen and oxygen atoms in total. The first-order valence-corrected chi connectivity index (χ1v) is 11.9. The van der Waals surface area contributed by atoms with Crippen molar-refractivity contribution in [3.8, 4) is 0 Å². The number of hydrogen-bond donors (Lipinski definition) is 0. The second-order valence-electron chi connectivity index (χ2n) is 7.72. The van der Waals surface area contributed by atoms with Gasteiger partial charge in [0, 0.05) is 23.8 Å². The molecule has 0 saturated carbocycles. The Bertz CT molecular complexity index is 1090. The Balaban J connectivity index is 1.70. The van der Waals surface area contributed by atoms with E-state index in [2.05, 4.69) is 9.88 Å². The van der Waals surface area contributed by atoms with Crippen LogP contribution in [-0.4, -0.2) is 44.6 Å². The summed E-state index contributed by atoms with van der Waals surface area (Å²) in [6.07, 6.45) is 7.64. The molecular formula is C20H25F2N5OS2. The Morgan fingerprint density at radius 1 is 1.30 bits per heavy atom. The molecule has 0 radical (unpaired) electrons. The van der Waals surface area contributed by atoms with E-state index >= 15 is 0 Å². The van der Waals surface area contributed by atoms with Crippen molar-refractivity contribution in [2.75, 3.05) is 20.6 Å². The number of halogens is 2. The van der Waals surface area contributed by atoms with Crippen molar-refractivity contribution in [3.05, 3.63) is 39.0 Å². The Morgan fingerprint density at radius 2 is 2.10 bits per heavy atom. The molecule has 30 heavy (non-hydrogen) atoms. The summed E-state index contributed by atoms with van der Waals surface area (Å²) in [6.45, 7) is -1.23. The van der Waals surface area contributed by atoms with Crippen LogP contribution < -0.4 is 5.56 Å². The van der Waals surface area contributed by atoms with Gasteiger partial charge >= 0.3 is 6.55 Å². The fraction of sp³-hybridized carbons (Fsp3) is 0.550. The van der Waals surface area contributed by atoms with Crippen LogP contribution in [-0.2, 0) is 25.1 Å². The molecule has 0 aliphatic heterocycles. The maximum Gasteiger partial charge on any atom is 0.319 e. The largest absolute Gasteiger partial charge is 0.319 e. The van der Waals surface area contributed by atoms with Crippen LogP contribution >= 0.6 is 23.1 Å². The molecular weight excluding hydrogens is 428 g/mol. The summed E-state index contributed by atoms with van der Waals surface area (Å²) in [4.78, 5) is 26.5. The van der Waals surface area contributed by atoms with E-state index in [1.54, 1.807) is 15.9 Å². The highest BCUT2D eigenvalue weighted by atomic mass is 32.2. The Labute approximate surface area is 181 Å². The van der Waals surface area contributed by atoms with Crippen molar-refractivity contribution in [2.45, 2.75) is 56.1 Å². The highest BCUT2D eigenvalue weighted by Crippen LogP contribution is 2.35. The lowest BCUT2D eigenvalue weighted by molar-refractivity contribution is 0.0678. The summed E-state index contributed by atoms with van der Waals surface area (Å²) in [6, 6.07) is 0. The van der Waals surface area contributed by atoms with Gasteiger partial charge in [0.15, 0.2) is 5.16 Å². The van der Waals surface area contributed by atoms with Crippen molar-refractivity contribution >= 4 is 33.3 Å². The normalized spacial score (nSPS) is 14.2. The van der Waals surface area contributed by atoms with Gasteiger partial charge in [-0.05, 0) is 58.3 Å². The minimum absolute atomic E-state index is 0.00198. The van der Waals surface area contributed by atoms with Crippen LogP contribution in [0.15, 0.2) is 22.3 Å². The van der Waals surface area contributed by atoms with Crippen LogP contribution in [0, 0.1) is 0 Å². The van der Waals surface area contributed by atoms with Crippen LogP contribution in [0.4, 0.5) is 8.78 Å². The molecule has 0 atom stereocenters. The number of nitrogens with zero attached hydrogens (tertiary/aromatic N) is 5. The maximum atomic E-state index is 13.5. The molecule has 0 spiro atoms. The molecule has 1 aliphatic carbocycles. The van der Waals surface area contributed by atoms with Crippen LogP contribution in [0.5, 0.6) is 0 Å². The smallest absolute Gasteiger partial charge is 0.309 e. The molecule has 0 amide bonds. The van der Waals surface area contributed by atoms with Crippen LogP contribution in [0.25, 0.3) is 10.2 Å². The molecule has 0 bridgehead atoms. The number of thiophene rings is 1. The SMILES string of the molecule is CN(C)CCCn1c(SCc2nccn2C(F)F)nc2sc3c(c2c1=O)CCCC3. The zero-order chi connectivity index (χ0) is 21.3. The molecule has 10 heteroatoms. The predicted octanol–water partition coefficient (Wildman–Crippen LogP) is 4.17. The van der Waals surface area contributed by atoms with E-state index in [0.717, 1.165) is 53.4 Å². The molecule has 3 heterocycles. The Hall–Kier alpha value is -1.78. The maximum absolute atomic E-state index is 13.5. The number of aromatic nitrogens is 4. The van der Waals surface area contributed by atoms with E-state index in [4.69, 9.17) is 4.98 Å². The van der Waals surface area contributed by atoms with Gasteiger partial charge in [0.2, 0.25) is 0 Å². The number of imidazole rings is 1. The molecule has 4 rings (SSSR count). The molecule has 3 aromatic heterocycles. The van der Waals surface area contributed by atoms with E-state index in [-0.39, 0.29) is 17.1 Å². The third-order valence-corrected chi connectivity index (χ3v) is 7.47. The fourth-order valence-corrected chi connectivity index (χ4v) is 6.11. The molecule has 162 valence electrons. The molecule has 0 N–H and O–H groups in total.